The average molecular weight is 512 g/mol. The minimum Gasteiger partial charge on any atom is -0.505 e. The standard InChI is InChI=1S/C20H16BrClN2O5S/c1-2-29-13-5-3-12(4-6-13)23-17(25)10-24-19(27)16(30-20(24)28)9-11-7-14(21)18(26)15(22)8-11/h3-9,26H,2,10H2,1H3,(H,23,25)/b16-9+. The van der Waals surface area contributed by atoms with Gasteiger partial charge in [-0.3, -0.25) is 19.3 Å². The van der Waals surface area contributed by atoms with Crippen LogP contribution in [0.1, 0.15) is 12.5 Å². The Balaban J connectivity index is 1.68. The quantitative estimate of drug-likeness (QED) is 0.537. The number of aromatic hydroxyl groups is 1. The van der Waals surface area contributed by atoms with E-state index in [1.54, 1.807) is 30.3 Å². The van der Waals surface area contributed by atoms with Crippen molar-refractivity contribution in [1.82, 2.24) is 4.90 Å². The molecule has 0 aromatic heterocycles. The van der Waals surface area contributed by atoms with E-state index in [0.29, 0.717) is 28.1 Å². The Morgan fingerprint density at radius 3 is 2.63 bits per heavy atom. The van der Waals surface area contributed by atoms with Gasteiger partial charge in [0, 0.05) is 5.69 Å². The second-order valence-electron chi connectivity index (χ2n) is 6.11. The third kappa shape index (κ3) is 5.16. The first kappa shape index (κ1) is 22.2. The first-order valence-corrected chi connectivity index (χ1v) is 10.7. The molecule has 0 aliphatic carbocycles. The van der Waals surface area contributed by atoms with E-state index in [4.69, 9.17) is 16.3 Å². The number of benzene rings is 2. The predicted octanol–water partition coefficient (Wildman–Crippen LogP) is 4.88. The van der Waals surface area contributed by atoms with E-state index in [0.717, 1.165) is 16.7 Å². The fourth-order valence-electron chi connectivity index (χ4n) is 2.60. The molecule has 1 heterocycles. The number of hydrogen-bond acceptors (Lipinski definition) is 6. The number of imide groups is 1. The number of nitrogens with zero attached hydrogens (tertiary/aromatic N) is 1. The molecule has 1 aliphatic rings. The Labute approximate surface area is 190 Å². The first-order valence-electron chi connectivity index (χ1n) is 8.74. The summed E-state index contributed by atoms with van der Waals surface area (Å²) in [5.74, 6) is -0.522. The van der Waals surface area contributed by atoms with Gasteiger partial charge in [0.05, 0.1) is 21.0 Å². The third-order valence-corrected chi connectivity index (χ3v) is 5.76. The Hall–Kier alpha value is -2.49. The van der Waals surface area contributed by atoms with Crippen molar-refractivity contribution >= 4 is 68.1 Å². The van der Waals surface area contributed by atoms with Gasteiger partial charge in [-0.05, 0) is 82.7 Å². The molecule has 0 saturated carbocycles. The molecule has 1 fully saturated rings. The van der Waals surface area contributed by atoms with E-state index in [2.05, 4.69) is 21.2 Å². The van der Waals surface area contributed by atoms with Crippen LogP contribution in [-0.4, -0.2) is 40.2 Å². The molecular formula is C20H16BrClN2O5S. The van der Waals surface area contributed by atoms with Crippen LogP contribution in [0.15, 0.2) is 45.8 Å². The van der Waals surface area contributed by atoms with Crippen molar-refractivity contribution < 1.29 is 24.2 Å². The number of amides is 3. The zero-order valence-corrected chi connectivity index (χ0v) is 18.8. The molecule has 0 radical (unpaired) electrons. The molecule has 30 heavy (non-hydrogen) atoms. The highest BCUT2D eigenvalue weighted by Gasteiger charge is 2.36. The van der Waals surface area contributed by atoms with E-state index in [9.17, 15) is 19.5 Å². The van der Waals surface area contributed by atoms with Gasteiger partial charge >= 0.3 is 0 Å². The maximum absolute atomic E-state index is 12.6. The summed E-state index contributed by atoms with van der Waals surface area (Å²) in [7, 11) is 0. The molecule has 0 atom stereocenters. The highest BCUT2D eigenvalue weighted by Crippen LogP contribution is 2.36. The minimum atomic E-state index is -0.577. The van der Waals surface area contributed by atoms with Gasteiger partial charge in [0.15, 0.2) is 0 Å². The molecule has 1 saturated heterocycles. The number of phenols is 1. The van der Waals surface area contributed by atoms with Crippen LogP contribution in [0.3, 0.4) is 0 Å². The van der Waals surface area contributed by atoms with E-state index in [-0.39, 0.29) is 15.7 Å². The molecular weight excluding hydrogens is 496 g/mol. The van der Waals surface area contributed by atoms with Crippen LogP contribution in [0.25, 0.3) is 6.08 Å². The summed E-state index contributed by atoms with van der Waals surface area (Å²) in [6, 6.07) is 9.79. The molecule has 7 nitrogen and oxygen atoms in total. The number of phenolic OH excluding ortho intramolecular Hbond substituents is 1. The number of thioether (sulfide) groups is 1. The van der Waals surface area contributed by atoms with Crippen LogP contribution in [-0.2, 0) is 9.59 Å². The first-order chi connectivity index (χ1) is 14.3. The summed E-state index contributed by atoms with van der Waals surface area (Å²) >= 11 is 9.83. The highest BCUT2D eigenvalue weighted by atomic mass is 79.9. The van der Waals surface area contributed by atoms with Crippen molar-refractivity contribution in [2.45, 2.75) is 6.92 Å². The van der Waals surface area contributed by atoms with Crippen molar-refractivity contribution in [3.05, 3.63) is 56.4 Å². The molecule has 2 N–H and O–H groups in total. The van der Waals surface area contributed by atoms with E-state index in [1.807, 2.05) is 6.92 Å². The number of anilines is 1. The highest BCUT2D eigenvalue weighted by molar-refractivity contribution is 9.10. The average Bonchev–Trinajstić information content (AvgIpc) is 2.95. The van der Waals surface area contributed by atoms with Crippen molar-refractivity contribution in [2.24, 2.45) is 0 Å². The molecule has 3 rings (SSSR count). The number of ether oxygens (including phenoxy) is 1. The van der Waals surface area contributed by atoms with Crippen LogP contribution in [0, 0.1) is 0 Å². The van der Waals surface area contributed by atoms with Gasteiger partial charge in [0.2, 0.25) is 5.91 Å². The van der Waals surface area contributed by atoms with Gasteiger partial charge in [0.25, 0.3) is 11.1 Å². The summed E-state index contributed by atoms with van der Waals surface area (Å²) < 4.78 is 5.70. The van der Waals surface area contributed by atoms with Crippen LogP contribution < -0.4 is 10.1 Å². The number of halogens is 2. The fourth-order valence-corrected chi connectivity index (χ4v) is 4.26. The van der Waals surface area contributed by atoms with Crippen molar-refractivity contribution in [3.8, 4) is 11.5 Å². The maximum Gasteiger partial charge on any atom is 0.294 e. The summed E-state index contributed by atoms with van der Waals surface area (Å²) in [5, 5.41) is 11.9. The zero-order chi connectivity index (χ0) is 21.8. The van der Waals surface area contributed by atoms with E-state index < -0.39 is 23.6 Å². The topological polar surface area (TPSA) is 95.9 Å². The van der Waals surface area contributed by atoms with E-state index >= 15 is 0 Å². The minimum absolute atomic E-state index is 0.101. The lowest BCUT2D eigenvalue weighted by Gasteiger charge is -2.12. The normalized spacial score (nSPS) is 15.0. The zero-order valence-electron chi connectivity index (χ0n) is 15.6. The Bertz CT molecular complexity index is 1020. The predicted molar refractivity (Wildman–Crippen MR) is 120 cm³/mol. The molecule has 0 spiro atoms. The third-order valence-electron chi connectivity index (χ3n) is 3.96. The van der Waals surface area contributed by atoms with E-state index in [1.165, 1.54) is 12.1 Å². The summed E-state index contributed by atoms with van der Waals surface area (Å²) in [6.45, 7) is 2.00. The maximum atomic E-state index is 12.6. The number of carbonyl (C=O) groups excluding carboxylic acids is 3. The molecule has 3 amide bonds. The van der Waals surface area contributed by atoms with Crippen molar-refractivity contribution in [3.63, 3.8) is 0 Å². The Morgan fingerprint density at radius 2 is 2.00 bits per heavy atom. The van der Waals surface area contributed by atoms with Crippen LogP contribution >= 0.6 is 39.3 Å². The summed E-state index contributed by atoms with van der Waals surface area (Å²) in [5.41, 5.74) is 1.04. The number of rotatable bonds is 6. The Kier molecular flexibility index (Phi) is 7.06. The van der Waals surface area contributed by atoms with Gasteiger partial charge in [-0.25, -0.2) is 0 Å². The van der Waals surface area contributed by atoms with Crippen molar-refractivity contribution in [2.75, 3.05) is 18.5 Å². The second kappa shape index (κ2) is 9.55. The molecule has 2 aromatic rings. The van der Waals surface area contributed by atoms with Crippen molar-refractivity contribution in [1.29, 1.82) is 0 Å². The largest absolute Gasteiger partial charge is 0.505 e. The van der Waals surface area contributed by atoms with Crippen LogP contribution in [0.4, 0.5) is 10.5 Å². The van der Waals surface area contributed by atoms with Gasteiger partial charge < -0.3 is 15.2 Å². The van der Waals surface area contributed by atoms with Gasteiger partial charge in [-0.1, -0.05) is 11.6 Å². The Morgan fingerprint density at radius 1 is 1.30 bits per heavy atom. The van der Waals surface area contributed by atoms with Crippen LogP contribution in [0.2, 0.25) is 5.02 Å². The van der Waals surface area contributed by atoms with Gasteiger partial charge in [-0.15, -0.1) is 0 Å². The van der Waals surface area contributed by atoms with Gasteiger partial charge in [0.1, 0.15) is 18.0 Å². The monoisotopic (exact) mass is 510 g/mol. The lowest BCUT2D eigenvalue weighted by atomic mass is 10.2. The smallest absolute Gasteiger partial charge is 0.294 e. The molecule has 0 bridgehead atoms. The van der Waals surface area contributed by atoms with Gasteiger partial charge in [-0.2, -0.15) is 0 Å². The second-order valence-corrected chi connectivity index (χ2v) is 8.36. The molecule has 156 valence electrons. The summed E-state index contributed by atoms with van der Waals surface area (Å²) in [6.07, 6.45) is 1.48. The molecule has 0 unspecified atom stereocenters. The number of carbonyl (C=O) groups is 3. The molecule has 10 heteroatoms. The number of hydrogen-bond donors (Lipinski definition) is 2. The fraction of sp³-hybridized carbons (Fsp3) is 0.150. The molecule has 2 aromatic carbocycles. The molecule has 1 aliphatic heterocycles. The SMILES string of the molecule is CCOc1ccc(NC(=O)CN2C(=O)S/C(=C/c3cc(Cl)c(O)c(Br)c3)C2=O)cc1. The number of nitrogens with one attached hydrogen (secondary N) is 1. The van der Waals surface area contributed by atoms with Crippen LogP contribution in [0.5, 0.6) is 11.5 Å². The lowest BCUT2D eigenvalue weighted by molar-refractivity contribution is -0.127. The summed E-state index contributed by atoms with van der Waals surface area (Å²) in [4.78, 5) is 38.1. The lowest BCUT2D eigenvalue weighted by Crippen LogP contribution is -2.36.